The molecule has 0 atom stereocenters. The number of carbonyl (C=O) groups is 1. The summed E-state index contributed by atoms with van der Waals surface area (Å²) in [6.07, 6.45) is 6.92. The van der Waals surface area contributed by atoms with Gasteiger partial charge in [-0.2, -0.15) is 0 Å². The second kappa shape index (κ2) is 7.06. The maximum Gasteiger partial charge on any atom is 0.255 e. The van der Waals surface area contributed by atoms with Gasteiger partial charge in [-0.3, -0.25) is 14.6 Å². The van der Waals surface area contributed by atoms with Crippen LogP contribution in [0.1, 0.15) is 30.7 Å². The van der Waals surface area contributed by atoms with Crippen molar-refractivity contribution in [2.45, 2.75) is 43.5 Å². The number of hydrogen-bond donors (Lipinski definition) is 0. The smallest absolute Gasteiger partial charge is 0.255 e. The number of oxazole rings is 1. The number of carbonyl (C=O) groups excluding carboxylic acids is 1. The molecule has 3 aliphatic rings. The van der Waals surface area contributed by atoms with Crippen molar-refractivity contribution in [1.29, 1.82) is 0 Å². The third-order valence-electron chi connectivity index (χ3n) is 5.58. The summed E-state index contributed by atoms with van der Waals surface area (Å²) in [5.41, 5.74) is 1.07. The van der Waals surface area contributed by atoms with Gasteiger partial charge in [0.2, 0.25) is 5.91 Å². The van der Waals surface area contributed by atoms with Crippen molar-refractivity contribution in [2.75, 3.05) is 45.5 Å². The van der Waals surface area contributed by atoms with Gasteiger partial charge in [0, 0.05) is 45.2 Å². The first-order valence-corrected chi connectivity index (χ1v) is 10.2. The minimum absolute atomic E-state index is 0.260. The second-order valence-corrected chi connectivity index (χ2v) is 7.77. The molecule has 1 aromatic heterocycles. The number of rotatable bonds is 4. The quantitative estimate of drug-likeness (QED) is 0.766. The predicted molar refractivity (Wildman–Crippen MR) is 93.1 cm³/mol. The molecular weight excluding hydrogens is 324 g/mol. The third-order valence-corrected chi connectivity index (χ3v) is 6.11. The van der Waals surface area contributed by atoms with Crippen molar-refractivity contribution < 1.29 is 9.21 Å². The van der Waals surface area contributed by atoms with Crippen molar-refractivity contribution in [1.82, 2.24) is 19.7 Å². The SMILES string of the molecule is CSc1nc2c(o1)CN(CC(=O)N1CCN(C3CCC3)CC1)CC2. The topological polar surface area (TPSA) is 52.8 Å². The van der Waals surface area contributed by atoms with Crippen molar-refractivity contribution >= 4 is 17.7 Å². The van der Waals surface area contributed by atoms with Crippen LogP contribution < -0.4 is 0 Å². The summed E-state index contributed by atoms with van der Waals surface area (Å²) >= 11 is 1.53. The van der Waals surface area contributed by atoms with Crippen LogP contribution in [-0.4, -0.2) is 77.2 Å². The number of nitrogens with zero attached hydrogens (tertiary/aromatic N) is 4. The predicted octanol–water partition coefficient (Wildman–Crippen LogP) is 1.45. The summed E-state index contributed by atoms with van der Waals surface area (Å²) in [7, 11) is 0. The van der Waals surface area contributed by atoms with E-state index in [1.54, 1.807) is 0 Å². The first-order valence-electron chi connectivity index (χ1n) is 8.99. The average molecular weight is 350 g/mol. The Balaban J connectivity index is 1.27. The summed E-state index contributed by atoms with van der Waals surface area (Å²) in [6, 6.07) is 0.792. The third kappa shape index (κ3) is 3.34. The van der Waals surface area contributed by atoms with Crippen molar-refractivity contribution in [3.8, 4) is 0 Å². The largest absolute Gasteiger partial charge is 0.435 e. The number of thioether (sulfide) groups is 1. The van der Waals surface area contributed by atoms with E-state index in [2.05, 4.69) is 14.8 Å². The van der Waals surface area contributed by atoms with E-state index in [9.17, 15) is 4.79 Å². The molecule has 1 aliphatic carbocycles. The summed E-state index contributed by atoms with van der Waals surface area (Å²) in [5, 5.41) is 0.736. The molecule has 1 saturated heterocycles. The zero-order valence-electron chi connectivity index (χ0n) is 14.4. The van der Waals surface area contributed by atoms with Crippen LogP contribution in [0.3, 0.4) is 0 Å². The van der Waals surface area contributed by atoms with E-state index in [1.165, 1.54) is 31.0 Å². The second-order valence-electron chi connectivity index (χ2n) is 7.02. The van der Waals surface area contributed by atoms with E-state index >= 15 is 0 Å². The van der Waals surface area contributed by atoms with E-state index in [1.807, 2.05) is 11.2 Å². The molecule has 0 unspecified atom stereocenters. The number of fused-ring (bicyclic) bond motifs is 1. The van der Waals surface area contributed by atoms with Gasteiger partial charge in [-0.15, -0.1) is 0 Å². The molecule has 7 heteroatoms. The molecule has 0 spiro atoms. The number of aromatic nitrogens is 1. The Bertz CT molecular complexity index is 593. The zero-order chi connectivity index (χ0) is 16.5. The van der Waals surface area contributed by atoms with E-state index < -0.39 is 0 Å². The summed E-state index contributed by atoms with van der Waals surface area (Å²) < 4.78 is 5.75. The lowest BCUT2D eigenvalue weighted by atomic mass is 9.91. The van der Waals surface area contributed by atoms with E-state index in [0.29, 0.717) is 13.1 Å². The molecule has 0 radical (unpaired) electrons. The molecule has 2 fully saturated rings. The molecule has 1 aromatic rings. The van der Waals surface area contributed by atoms with Crippen LogP contribution in [0.15, 0.2) is 9.64 Å². The highest BCUT2D eigenvalue weighted by molar-refractivity contribution is 7.98. The lowest BCUT2D eigenvalue weighted by molar-refractivity contribution is -0.135. The lowest BCUT2D eigenvalue weighted by Crippen LogP contribution is -2.55. The Morgan fingerprint density at radius 3 is 2.71 bits per heavy atom. The van der Waals surface area contributed by atoms with E-state index in [4.69, 9.17) is 4.42 Å². The fourth-order valence-corrected chi connectivity index (χ4v) is 4.21. The van der Waals surface area contributed by atoms with E-state index in [-0.39, 0.29) is 5.91 Å². The molecule has 1 saturated carbocycles. The fourth-order valence-electron chi connectivity index (χ4n) is 3.83. The maximum absolute atomic E-state index is 12.6. The van der Waals surface area contributed by atoms with E-state index in [0.717, 1.165) is 61.9 Å². The van der Waals surface area contributed by atoms with Gasteiger partial charge in [-0.1, -0.05) is 18.2 Å². The van der Waals surface area contributed by atoms with Gasteiger partial charge in [0.25, 0.3) is 5.22 Å². The van der Waals surface area contributed by atoms with Crippen LogP contribution in [-0.2, 0) is 17.8 Å². The molecule has 132 valence electrons. The highest BCUT2D eigenvalue weighted by atomic mass is 32.2. The highest BCUT2D eigenvalue weighted by Crippen LogP contribution is 2.26. The number of amides is 1. The van der Waals surface area contributed by atoms with Gasteiger partial charge in [0.05, 0.1) is 18.8 Å². The van der Waals surface area contributed by atoms with Crippen LogP contribution in [0.2, 0.25) is 0 Å². The normalized spacial score (nSPS) is 23.1. The Labute approximate surface area is 147 Å². The molecule has 0 aromatic carbocycles. The van der Waals surface area contributed by atoms with Crippen molar-refractivity contribution in [3.05, 3.63) is 11.5 Å². The van der Waals surface area contributed by atoms with Gasteiger partial charge in [0.1, 0.15) is 5.76 Å². The minimum Gasteiger partial charge on any atom is -0.435 e. The number of hydrogen-bond acceptors (Lipinski definition) is 6. The van der Waals surface area contributed by atoms with Gasteiger partial charge in [-0.05, 0) is 19.1 Å². The van der Waals surface area contributed by atoms with Crippen LogP contribution in [0, 0.1) is 0 Å². The maximum atomic E-state index is 12.6. The highest BCUT2D eigenvalue weighted by Gasteiger charge is 2.30. The zero-order valence-corrected chi connectivity index (χ0v) is 15.2. The van der Waals surface area contributed by atoms with Gasteiger partial charge >= 0.3 is 0 Å². The molecule has 4 rings (SSSR count). The minimum atomic E-state index is 0.260. The van der Waals surface area contributed by atoms with Gasteiger partial charge < -0.3 is 9.32 Å². The Hall–Kier alpha value is -1.05. The summed E-state index contributed by atoms with van der Waals surface area (Å²) in [4.78, 5) is 23.9. The average Bonchev–Trinajstić information content (AvgIpc) is 2.96. The van der Waals surface area contributed by atoms with Gasteiger partial charge in [0.15, 0.2) is 0 Å². The van der Waals surface area contributed by atoms with Crippen LogP contribution in [0.4, 0.5) is 0 Å². The molecule has 6 nitrogen and oxygen atoms in total. The monoisotopic (exact) mass is 350 g/mol. The molecule has 3 heterocycles. The molecule has 24 heavy (non-hydrogen) atoms. The molecule has 0 N–H and O–H groups in total. The first kappa shape index (κ1) is 16.4. The molecule has 0 bridgehead atoms. The summed E-state index contributed by atoms with van der Waals surface area (Å²) in [6.45, 7) is 5.94. The summed E-state index contributed by atoms with van der Waals surface area (Å²) in [5.74, 6) is 1.20. The Morgan fingerprint density at radius 2 is 2.04 bits per heavy atom. The van der Waals surface area contributed by atoms with Crippen LogP contribution in [0.25, 0.3) is 0 Å². The van der Waals surface area contributed by atoms with Crippen LogP contribution in [0.5, 0.6) is 0 Å². The number of piperazine rings is 1. The van der Waals surface area contributed by atoms with Crippen LogP contribution >= 0.6 is 11.8 Å². The standard InChI is InChI=1S/C17H26N4O2S/c1-24-17-18-14-5-6-19(11-15(14)23-17)12-16(22)21-9-7-20(8-10-21)13-3-2-4-13/h13H,2-12H2,1H3. The lowest BCUT2D eigenvalue weighted by Gasteiger charge is -2.43. The fraction of sp³-hybridized carbons (Fsp3) is 0.765. The Kier molecular flexibility index (Phi) is 4.83. The molecule has 1 amide bonds. The van der Waals surface area contributed by atoms with Crippen molar-refractivity contribution in [3.63, 3.8) is 0 Å². The van der Waals surface area contributed by atoms with Gasteiger partial charge in [-0.25, -0.2) is 4.98 Å². The first-order chi connectivity index (χ1) is 11.7. The Morgan fingerprint density at radius 1 is 1.25 bits per heavy atom. The molecular formula is C17H26N4O2S. The molecule has 2 aliphatic heterocycles. The van der Waals surface area contributed by atoms with Crippen molar-refractivity contribution in [2.24, 2.45) is 0 Å².